The Morgan fingerprint density at radius 3 is 2.38 bits per heavy atom. The van der Waals surface area contributed by atoms with Crippen LogP contribution >= 0.6 is 0 Å². The van der Waals surface area contributed by atoms with Gasteiger partial charge < -0.3 is 0 Å². The lowest BCUT2D eigenvalue weighted by atomic mass is 9.95. The van der Waals surface area contributed by atoms with Crippen LogP contribution in [0.1, 0.15) is 51.0 Å². The molecule has 0 unspecified atom stereocenters. The first kappa shape index (κ1) is 10.3. The Bertz CT molecular complexity index is 213. The molecule has 0 aliphatic carbocycles. The molecule has 1 rings (SSSR count). The van der Waals surface area contributed by atoms with Crippen LogP contribution in [0.3, 0.4) is 0 Å². The second-order valence-corrected chi connectivity index (χ2v) is 3.81. The lowest BCUT2D eigenvalue weighted by Gasteiger charge is -2.10. The summed E-state index contributed by atoms with van der Waals surface area (Å²) in [6, 6.07) is 10.8. The molecule has 0 saturated carbocycles. The zero-order chi connectivity index (χ0) is 9.52. The molecule has 0 bridgehead atoms. The molecule has 0 saturated heterocycles. The molecule has 0 heteroatoms. The normalized spacial score (nSPS) is 12.8. The van der Waals surface area contributed by atoms with Gasteiger partial charge in [-0.05, 0) is 17.9 Å². The molecular formula is C13H20. The van der Waals surface area contributed by atoms with Crippen molar-refractivity contribution in [3.05, 3.63) is 35.9 Å². The van der Waals surface area contributed by atoms with Crippen LogP contribution in [0.2, 0.25) is 0 Å². The van der Waals surface area contributed by atoms with E-state index >= 15 is 0 Å². The molecule has 0 aromatic heterocycles. The van der Waals surface area contributed by atoms with Gasteiger partial charge in [-0.1, -0.05) is 63.4 Å². The molecule has 0 spiro atoms. The molecule has 0 nitrogen and oxygen atoms in total. The van der Waals surface area contributed by atoms with Gasteiger partial charge in [-0.2, -0.15) is 0 Å². The Morgan fingerprint density at radius 1 is 1.08 bits per heavy atom. The summed E-state index contributed by atoms with van der Waals surface area (Å²) in [6.45, 7) is 4.58. The minimum atomic E-state index is 0.729. The van der Waals surface area contributed by atoms with E-state index < -0.39 is 0 Å². The van der Waals surface area contributed by atoms with E-state index in [1.54, 1.807) is 0 Å². The molecule has 0 radical (unpaired) electrons. The average Bonchev–Trinajstić information content (AvgIpc) is 2.19. The summed E-state index contributed by atoms with van der Waals surface area (Å²) in [4.78, 5) is 0. The minimum absolute atomic E-state index is 0.729. The Hall–Kier alpha value is -0.780. The van der Waals surface area contributed by atoms with Gasteiger partial charge in [0.25, 0.3) is 0 Å². The molecule has 0 aliphatic heterocycles. The van der Waals surface area contributed by atoms with Crippen molar-refractivity contribution in [3.63, 3.8) is 0 Å². The van der Waals surface area contributed by atoms with Crippen molar-refractivity contribution in [2.24, 2.45) is 0 Å². The van der Waals surface area contributed by atoms with Gasteiger partial charge in [-0.25, -0.2) is 0 Å². The summed E-state index contributed by atoms with van der Waals surface area (Å²) >= 11 is 0. The monoisotopic (exact) mass is 176 g/mol. The van der Waals surface area contributed by atoms with Crippen LogP contribution in [0, 0.1) is 0 Å². The van der Waals surface area contributed by atoms with Crippen LogP contribution in [0.25, 0.3) is 0 Å². The highest BCUT2D eigenvalue weighted by molar-refractivity contribution is 5.18. The first-order chi connectivity index (χ1) is 6.34. The fraction of sp³-hybridized carbons (Fsp3) is 0.538. The van der Waals surface area contributed by atoms with Gasteiger partial charge in [-0.15, -0.1) is 0 Å². The van der Waals surface area contributed by atoms with E-state index in [1.165, 1.54) is 31.2 Å². The van der Waals surface area contributed by atoms with Crippen molar-refractivity contribution in [1.82, 2.24) is 0 Å². The lowest BCUT2D eigenvalue weighted by molar-refractivity contribution is 0.598. The second-order valence-electron chi connectivity index (χ2n) is 3.81. The van der Waals surface area contributed by atoms with Crippen LogP contribution in [-0.2, 0) is 0 Å². The summed E-state index contributed by atoms with van der Waals surface area (Å²) in [5.74, 6) is 0.729. The molecule has 0 heterocycles. The molecule has 13 heavy (non-hydrogen) atoms. The van der Waals surface area contributed by atoms with Gasteiger partial charge in [0.2, 0.25) is 0 Å². The zero-order valence-corrected chi connectivity index (χ0v) is 8.79. The highest BCUT2D eigenvalue weighted by Gasteiger charge is 2.02. The van der Waals surface area contributed by atoms with Crippen LogP contribution in [-0.4, -0.2) is 0 Å². The molecule has 72 valence electrons. The van der Waals surface area contributed by atoms with Gasteiger partial charge in [-0.3, -0.25) is 0 Å². The maximum Gasteiger partial charge on any atom is -0.0190 e. The fourth-order valence-electron chi connectivity index (χ4n) is 1.65. The Balaban J connectivity index is 2.35. The van der Waals surface area contributed by atoms with Crippen molar-refractivity contribution in [2.45, 2.75) is 45.4 Å². The van der Waals surface area contributed by atoms with Gasteiger partial charge in [0, 0.05) is 0 Å². The number of hydrogen-bond acceptors (Lipinski definition) is 0. The Labute approximate surface area is 82.0 Å². The molecule has 1 aromatic rings. The standard InChI is InChI=1S/C13H20/c1-3-4-6-9-12(2)13-10-7-5-8-11-13/h5,7-8,10-12H,3-4,6,9H2,1-2H3/t12-/m0/s1. The SMILES string of the molecule is CCCCC[C@H](C)c1ccccc1. The molecule has 1 atom stereocenters. The van der Waals surface area contributed by atoms with Crippen molar-refractivity contribution >= 4 is 0 Å². The Kier molecular flexibility index (Phi) is 4.59. The van der Waals surface area contributed by atoms with E-state index in [4.69, 9.17) is 0 Å². The molecular weight excluding hydrogens is 156 g/mol. The number of benzene rings is 1. The van der Waals surface area contributed by atoms with Crippen LogP contribution in [0.15, 0.2) is 30.3 Å². The highest BCUT2D eigenvalue weighted by Crippen LogP contribution is 2.20. The third kappa shape index (κ3) is 3.63. The van der Waals surface area contributed by atoms with Gasteiger partial charge in [0.05, 0.1) is 0 Å². The van der Waals surface area contributed by atoms with E-state index in [1.807, 2.05) is 0 Å². The predicted octanol–water partition coefficient (Wildman–Crippen LogP) is 4.37. The van der Waals surface area contributed by atoms with Crippen molar-refractivity contribution in [3.8, 4) is 0 Å². The van der Waals surface area contributed by atoms with Gasteiger partial charge in [0.15, 0.2) is 0 Å². The van der Waals surface area contributed by atoms with E-state index in [0.717, 1.165) is 5.92 Å². The van der Waals surface area contributed by atoms with Crippen molar-refractivity contribution in [2.75, 3.05) is 0 Å². The fourth-order valence-corrected chi connectivity index (χ4v) is 1.65. The molecule has 1 aromatic carbocycles. The van der Waals surface area contributed by atoms with Crippen LogP contribution in [0.5, 0.6) is 0 Å². The summed E-state index contributed by atoms with van der Waals surface area (Å²) in [5, 5.41) is 0. The van der Waals surface area contributed by atoms with Gasteiger partial charge >= 0.3 is 0 Å². The topological polar surface area (TPSA) is 0 Å². The van der Waals surface area contributed by atoms with Crippen LogP contribution < -0.4 is 0 Å². The quantitative estimate of drug-likeness (QED) is 0.584. The van der Waals surface area contributed by atoms with E-state index in [-0.39, 0.29) is 0 Å². The first-order valence-electron chi connectivity index (χ1n) is 5.39. The number of hydrogen-bond donors (Lipinski definition) is 0. The third-order valence-corrected chi connectivity index (χ3v) is 2.61. The van der Waals surface area contributed by atoms with E-state index in [0.29, 0.717) is 0 Å². The third-order valence-electron chi connectivity index (χ3n) is 2.61. The zero-order valence-electron chi connectivity index (χ0n) is 8.79. The number of rotatable bonds is 5. The molecule has 0 fully saturated rings. The maximum atomic E-state index is 2.32. The largest absolute Gasteiger partial charge is 0.0654 e. The molecule has 0 aliphatic rings. The summed E-state index contributed by atoms with van der Waals surface area (Å²) < 4.78 is 0. The lowest BCUT2D eigenvalue weighted by Crippen LogP contribution is -1.92. The average molecular weight is 176 g/mol. The maximum absolute atomic E-state index is 2.32. The summed E-state index contributed by atoms with van der Waals surface area (Å²) in [6.07, 6.45) is 5.39. The van der Waals surface area contributed by atoms with E-state index in [9.17, 15) is 0 Å². The minimum Gasteiger partial charge on any atom is -0.0654 e. The smallest absolute Gasteiger partial charge is 0.0190 e. The molecule has 0 N–H and O–H groups in total. The van der Waals surface area contributed by atoms with E-state index in [2.05, 4.69) is 44.2 Å². The first-order valence-corrected chi connectivity index (χ1v) is 5.39. The number of unbranched alkanes of at least 4 members (excludes halogenated alkanes) is 2. The second kappa shape index (κ2) is 5.80. The summed E-state index contributed by atoms with van der Waals surface area (Å²) in [7, 11) is 0. The molecule has 0 amide bonds. The predicted molar refractivity (Wildman–Crippen MR) is 59.0 cm³/mol. The Morgan fingerprint density at radius 2 is 1.77 bits per heavy atom. The van der Waals surface area contributed by atoms with Crippen molar-refractivity contribution in [1.29, 1.82) is 0 Å². The summed E-state index contributed by atoms with van der Waals surface area (Å²) in [5.41, 5.74) is 1.48. The highest BCUT2D eigenvalue weighted by atomic mass is 14.1. The van der Waals surface area contributed by atoms with Gasteiger partial charge in [0.1, 0.15) is 0 Å². The van der Waals surface area contributed by atoms with Crippen LogP contribution in [0.4, 0.5) is 0 Å². The van der Waals surface area contributed by atoms with Crippen molar-refractivity contribution < 1.29 is 0 Å².